The summed E-state index contributed by atoms with van der Waals surface area (Å²) in [5.74, 6) is 0.580. The Bertz CT molecular complexity index is 327. The minimum Gasteiger partial charge on any atom is -0.508 e. The van der Waals surface area contributed by atoms with Gasteiger partial charge in [-0.25, -0.2) is 0 Å². The van der Waals surface area contributed by atoms with Crippen LogP contribution in [0.3, 0.4) is 0 Å². The molecular formula is C11H10O. The maximum atomic E-state index is 9.31. The van der Waals surface area contributed by atoms with E-state index in [1.807, 2.05) is 30.4 Å². The van der Waals surface area contributed by atoms with Crippen molar-refractivity contribution in [1.29, 1.82) is 0 Å². The van der Waals surface area contributed by atoms with Gasteiger partial charge in [-0.1, -0.05) is 36.5 Å². The number of hydrogen-bond acceptors (Lipinski definition) is 1. The van der Waals surface area contributed by atoms with Crippen LogP contribution in [-0.2, 0) is 0 Å². The molecule has 0 heterocycles. The van der Waals surface area contributed by atoms with E-state index in [0.29, 0.717) is 5.76 Å². The zero-order valence-electron chi connectivity index (χ0n) is 6.64. The Morgan fingerprint density at radius 2 is 2.00 bits per heavy atom. The van der Waals surface area contributed by atoms with Gasteiger partial charge in [0.05, 0.1) is 0 Å². The lowest BCUT2D eigenvalue weighted by molar-refractivity contribution is 0.428. The summed E-state index contributed by atoms with van der Waals surface area (Å²) in [6, 6.07) is 0. The molecule has 0 spiro atoms. The highest BCUT2D eigenvalue weighted by Gasteiger charge is 2.09. The Balaban J connectivity index is 2.40. The predicted octanol–water partition coefficient (Wildman–Crippen LogP) is 2.67. The van der Waals surface area contributed by atoms with Crippen molar-refractivity contribution in [3.05, 3.63) is 59.9 Å². The fourth-order valence-electron chi connectivity index (χ4n) is 1.39. The van der Waals surface area contributed by atoms with Crippen molar-refractivity contribution in [3.8, 4) is 0 Å². The molecule has 1 nitrogen and oxygen atoms in total. The molecule has 0 saturated heterocycles. The monoisotopic (exact) mass is 158 g/mol. The van der Waals surface area contributed by atoms with Crippen LogP contribution in [0.2, 0.25) is 0 Å². The van der Waals surface area contributed by atoms with E-state index >= 15 is 0 Å². The number of aliphatic hydroxyl groups is 1. The van der Waals surface area contributed by atoms with E-state index in [9.17, 15) is 5.11 Å². The van der Waals surface area contributed by atoms with E-state index < -0.39 is 0 Å². The SMILES string of the molecule is OC1=CC2C=CC=CC2=CC=C1. The maximum Gasteiger partial charge on any atom is 0.112 e. The third-order valence-electron chi connectivity index (χ3n) is 2.01. The lowest BCUT2D eigenvalue weighted by Gasteiger charge is -2.10. The van der Waals surface area contributed by atoms with E-state index in [4.69, 9.17) is 0 Å². The first-order chi connectivity index (χ1) is 5.86. The first-order valence-electron chi connectivity index (χ1n) is 4.00. The molecule has 2 aliphatic rings. The summed E-state index contributed by atoms with van der Waals surface area (Å²) in [6.45, 7) is 0. The first kappa shape index (κ1) is 7.17. The van der Waals surface area contributed by atoms with Crippen LogP contribution in [0.1, 0.15) is 0 Å². The van der Waals surface area contributed by atoms with Crippen LogP contribution in [0.15, 0.2) is 59.9 Å². The summed E-state index contributed by atoms with van der Waals surface area (Å²) in [6.07, 6.45) is 15.6. The molecule has 0 saturated carbocycles. The minimum absolute atomic E-state index is 0.241. The van der Waals surface area contributed by atoms with Crippen molar-refractivity contribution >= 4 is 0 Å². The highest BCUT2D eigenvalue weighted by molar-refractivity contribution is 5.42. The molecule has 1 heteroatoms. The molecule has 0 aromatic heterocycles. The summed E-state index contributed by atoms with van der Waals surface area (Å²) in [4.78, 5) is 0. The Hall–Kier alpha value is -1.50. The molecule has 0 aromatic carbocycles. The number of allylic oxidation sites excluding steroid dienone is 9. The Morgan fingerprint density at radius 3 is 2.92 bits per heavy atom. The van der Waals surface area contributed by atoms with Gasteiger partial charge in [0.2, 0.25) is 0 Å². The second-order valence-electron chi connectivity index (χ2n) is 2.89. The molecule has 0 aromatic rings. The van der Waals surface area contributed by atoms with Crippen molar-refractivity contribution in [2.24, 2.45) is 5.92 Å². The summed E-state index contributed by atoms with van der Waals surface area (Å²) >= 11 is 0. The minimum atomic E-state index is 0.241. The molecule has 0 bridgehead atoms. The van der Waals surface area contributed by atoms with Crippen molar-refractivity contribution in [2.45, 2.75) is 0 Å². The standard InChI is InChI=1S/C11H10O/c12-11-7-3-6-9-4-1-2-5-10(9)8-11/h1-8,10,12H. The molecular weight excluding hydrogens is 148 g/mol. The van der Waals surface area contributed by atoms with Crippen molar-refractivity contribution in [3.63, 3.8) is 0 Å². The third-order valence-corrected chi connectivity index (χ3v) is 2.01. The summed E-state index contributed by atoms with van der Waals surface area (Å²) in [7, 11) is 0. The van der Waals surface area contributed by atoms with Gasteiger partial charge in [-0.3, -0.25) is 0 Å². The van der Waals surface area contributed by atoms with Gasteiger partial charge < -0.3 is 5.11 Å². The lowest BCUT2D eigenvalue weighted by atomic mass is 9.94. The smallest absolute Gasteiger partial charge is 0.112 e. The fourth-order valence-corrected chi connectivity index (χ4v) is 1.39. The zero-order chi connectivity index (χ0) is 8.39. The Morgan fingerprint density at radius 1 is 1.08 bits per heavy atom. The molecule has 2 aliphatic carbocycles. The highest BCUT2D eigenvalue weighted by atomic mass is 16.3. The second kappa shape index (κ2) is 2.86. The molecule has 2 rings (SSSR count). The number of aliphatic hydroxyl groups excluding tert-OH is 1. The van der Waals surface area contributed by atoms with Crippen LogP contribution in [0.25, 0.3) is 0 Å². The van der Waals surface area contributed by atoms with Gasteiger partial charge in [0.15, 0.2) is 0 Å². The van der Waals surface area contributed by atoms with Crippen molar-refractivity contribution < 1.29 is 5.11 Å². The van der Waals surface area contributed by atoms with E-state index in [0.717, 1.165) is 0 Å². The molecule has 0 fully saturated rings. The van der Waals surface area contributed by atoms with E-state index in [1.54, 1.807) is 6.08 Å². The average Bonchev–Trinajstić information content (AvgIpc) is 2.25. The number of rotatable bonds is 0. The molecule has 1 atom stereocenters. The zero-order valence-corrected chi connectivity index (χ0v) is 6.64. The topological polar surface area (TPSA) is 20.2 Å². The van der Waals surface area contributed by atoms with Crippen LogP contribution in [0, 0.1) is 5.92 Å². The quantitative estimate of drug-likeness (QED) is 0.574. The third kappa shape index (κ3) is 1.26. The van der Waals surface area contributed by atoms with Crippen LogP contribution in [-0.4, -0.2) is 5.11 Å². The van der Waals surface area contributed by atoms with Crippen LogP contribution < -0.4 is 0 Å². The molecule has 0 radical (unpaired) electrons. The van der Waals surface area contributed by atoms with E-state index in [1.165, 1.54) is 5.57 Å². The summed E-state index contributed by atoms with van der Waals surface area (Å²) in [5.41, 5.74) is 1.22. The molecule has 1 unspecified atom stereocenters. The molecule has 60 valence electrons. The highest BCUT2D eigenvalue weighted by Crippen LogP contribution is 2.23. The van der Waals surface area contributed by atoms with Gasteiger partial charge in [-0.15, -0.1) is 0 Å². The Labute approximate surface area is 71.7 Å². The van der Waals surface area contributed by atoms with E-state index in [2.05, 4.69) is 12.2 Å². The van der Waals surface area contributed by atoms with Crippen LogP contribution in [0.4, 0.5) is 0 Å². The maximum absolute atomic E-state index is 9.31. The van der Waals surface area contributed by atoms with Gasteiger partial charge >= 0.3 is 0 Å². The first-order valence-corrected chi connectivity index (χ1v) is 4.00. The molecule has 0 aliphatic heterocycles. The molecule has 0 amide bonds. The summed E-state index contributed by atoms with van der Waals surface area (Å²) < 4.78 is 0. The van der Waals surface area contributed by atoms with Gasteiger partial charge in [-0.2, -0.15) is 0 Å². The second-order valence-corrected chi connectivity index (χ2v) is 2.89. The number of hydrogen-bond donors (Lipinski definition) is 1. The van der Waals surface area contributed by atoms with Crippen molar-refractivity contribution in [1.82, 2.24) is 0 Å². The predicted molar refractivity (Wildman–Crippen MR) is 49.7 cm³/mol. The van der Waals surface area contributed by atoms with Gasteiger partial charge in [0.25, 0.3) is 0 Å². The van der Waals surface area contributed by atoms with Gasteiger partial charge in [-0.05, 0) is 17.7 Å². The molecule has 1 N–H and O–H groups in total. The Kier molecular flexibility index (Phi) is 1.71. The molecule has 12 heavy (non-hydrogen) atoms. The van der Waals surface area contributed by atoms with Gasteiger partial charge in [0, 0.05) is 5.92 Å². The van der Waals surface area contributed by atoms with Crippen LogP contribution in [0.5, 0.6) is 0 Å². The van der Waals surface area contributed by atoms with Crippen LogP contribution >= 0.6 is 0 Å². The average molecular weight is 158 g/mol. The number of fused-ring (bicyclic) bond motifs is 1. The normalized spacial score (nSPS) is 25.8. The lowest BCUT2D eigenvalue weighted by Crippen LogP contribution is -1.97. The van der Waals surface area contributed by atoms with E-state index in [-0.39, 0.29) is 5.92 Å². The van der Waals surface area contributed by atoms with Gasteiger partial charge in [0.1, 0.15) is 5.76 Å². The fraction of sp³-hybridized carbons (Fsp3) is 0.0909. The summed E-state index contributed by atoms with van der Waals surface area (Å²) in [5, 5.41) is 9.31. The largest absolute Gasteiger partial charge is 0.508 e. The van der Waals surface area contributed by atoms with Crippen molar-refractivity contribution in [2.75, 3.05) is 0 Å².